The van der Waals surface area contributed by atoms with Crippen LogP contribution in [0.15, 0.2) is 51.0 Å². The molecule has 6 heteroatoms. The third-order valence-corrected chi connectivity index (χ3v) is 4.02. The number of nitrogens with zero attached hydrogens (tertiary/aromatic N) is 1. The van der Waals surface area contributed by atoms with Crippen LogP contribution in [0.3, 0.4) is 0 Å². The van der Waals surface area contributed by atoms with Gasteiger partial charge in [0.15, 0.2) is 5.58 Å². The fourth-order valence-corrected chi connectivity index (χ4v) is 2.84. The number of hydrogen-bond donors (Lipinski definition) is 1. The number of aromatic nitrogens is 1. The maximum absolute atomic E-state index is 12.0. The van der Waals surface area contributed by atoms with E-state index in [0.29, 0.717) is 17.0 Å². The molecule has 108 valence electrons. The van der Waals surface area contributed by atoms with Gasteiger partial charge in [-0.1, -0.05) is 18.2 Å². The zero-order valence-electron chi connectivity index (χ0n) is 11.4. The van der Waals surface area contributed by atoms with Gasteiger partial charge in [-0.3, -0.25) is 9.36 Å². The van der Waals surface area contributed by atoms with E-state index in [1.165, 1.54) is 15.9 Å². The lowest BCUT2D eigenvalue weighted by atomic mass is 10.3. The second kappa shape index (κ2) is 5.57. The molecule has 1 aromatic carbocycles. The van der Waals surface area contributed by atoms with Gasteiger partial charge in [0.2, 0.25) is 0 Å². The SMILES string of the molecule is C[C@H](Cn1c(=O)oc2ccccc21)NC(=O)c1cccs1. The molecule has 5 nitrogen and oxygen atoms in total. The first kappa shape index (κ1) is 13.6. The molecule has 0 aliphatic carbocycles. The summed E-state index contributed by atoms with van der Waals surface area (Å²) in [5.41, 5.74) is 1.29. The molecule has 2 aromatic heterocycles. The van der Waals surface area contributed by atoms with Crippen LogP contribution in [-0.2, 0) is 6.54 Å². The van der Waals surface area contributed by atoms with Crippen LogP contribution in [0.4, 0.5) is 0 Å². The number of rotatable bonds is 4. The fraction of sp³-hybridized carbons (Fsp3) is 0.200. The van der Waals surface area contributed by atoms with Crippen molar-refractivity contribution in [3.63, 3.8) is 0 Å². The van der Waals surface area contributed by atoms with Crippen LogP contribution in [0, 0.1) is 0 Å². The van der Waals surface area contributed by atoms with Crippen molar-refractivity contribution in [2.24, 2.45) is 0 Å². The molecule has 3 aromatic rings. The standard InChI is InChI=1S/C15H14N2O3S/c1-10(16-14(18)13-7-4-8-21-13)9-17-11-5-2-3-6-12(11)20-15(17)19/h2-8,10H,9H2,1H3,(H,16,18)/t10-/m1/s1. The summed E-state index contributed by atoms with van der Waals surface area (Å²) < 4.78 is 6.71. The zero-order valence-corrected chi connectivity index (χ0v) is 12.2. The number of oxazole rings is 1. The predicted molar refractivity (Wildman–Crippen MR) is 81.7 cm³/mol. The summed E-state index contributed by atoms with van der Waals surface area (Å²) in [5, 5.41) is 4.74. The molecule has 1 amide bonds. The summed E-state index contributed by atoms with van der Waals surface area (Å²) in [6.07, 6.45) is 0. The van der Waals surface area contributed by atoms with Crippen LogP contribution in [0.2, 0.25) is 0 Å². The van der Waals surface area contributed by atoms with Gasteiger partial charge in [-0.15, -0.1) is 11.3 Å². The van der Waals surface area contributed by atoms with Crippen molar-refractivity contribution in [2.75, 3.05) is 0 Å². The Morgan fingerprint density at radius 2 is 2.14 bits per heavy atom. The van der Waals surface area contributed by atoms with Gasteiger partial charge in [0.05, 0.1) is 10.4 Å². The second-order valence-electron chi connectivity index (χ2n) is 4.80. The summed E-state index contributed by atoms with van der Waals surface area (Å²) in [6.45, 7) is 2.23. The van der Waals surface area contributed by atoms with Crippen LogP contribution >= 0.6 is 11.3 Å². The van der Waals surface area contributed by atoms with Crippen LogP contribution in [0.5, 0.6) is 0 Å². The number of fused-ring (bicyclic) bond motifs is 1. The number of para-hydroxylation sites is 2. The topological polar surface area (TPSA) is 64.2 Å². The molecule has 0 spiro atoms. The lowest BCUT2D eigenvalue weighted by Gasteiger charge is -2.13. The molecular formula is C15H14N2O3S. The van der Waals surface area contributed by atoms with E-state index in [4.69, 9.17) is 4.42 Å². The minimum absolute atomic E-state index is 0.127. The van der Waals surface area contributed by atoms with E-state index in [9.17, 15) is 9.59 Å². The monoisotopic (exact) mass is 302 g/mol. The van der Waals surface area contributed by atoms with Crippen LogP contribution in [0.1, 0.15) is 16.6 Å². The van der Waals surface area contributed by atoms with Crippen molar-refractivity contribution in [1.29, 1.82) is 0 Å². The van der Waals surface area contributed by atoms with Crippen LogP contribution < -0.4 is 11.1 Å². The van der Waals surface area contributed by atoms with E-state index in [-0.39, 0.29) is 11.9 Å². The molecule has 0 bridgehead atoms. The Morgan fingerprint density at radius 1 is 1.33 bits per heavy atom. The average Bonchev–Trinajstić information content (AvgIpc) is 3.08. The predicted octanol–water partition coefficient (Wildman–Crippen LogP) is 2.47. The summed E-state index contributed by atoms with van der Waals surface area (Å²) in [4.78, 5) is 24.5. The highest BCUT2D eigenvalue weighted by molar-refractivity contribution is 7.12. The third kappa shape index (κ3) is 2.75. The van der Waals surface area contributed by atoms with Gasteiger partial charge >= 0.3 is 5.76 Å². The first-order valence-corrected chi connectivity index (χ1v) is 7.46. The lowest BCUT2D eigenvalue weighted by Crippen LogP contribution is -2.37. The Bertz CT molecular complexity index is 817. The van der Waals surface area contributed by atoms with E-state index in [1.54, 1.807) is 12.1 Å². The van der Waals surface area contributed by atoms with Gasteiger partial charge in [0.1, 0.15) is 0 Å². The van der Waals surface area contributed by atoms with E-state index >= 15 is 0 Å². The molecular weight excluding hydrogens is 288 g/mol. The van der Waals surface area contributed by atoms with Gasteiger partial charge in [0, 0.05) is 12.6 Å². The van der Waals surface area contributed by atoms with E-state index in [1.807, 2.05) is 36.6 Å². The van der Waals surface area contributed by atoms with Gasteiger partial charge < -0.3 is 9.73 Å². The largest absolute Gasteiger partial charge is 0.420 e. The number of carbonyl (C=O) groups is 1. The Labute approximate surface area is 124 Å². The fourth-order valence-electron chi connectivity index (χ4n) is 2.21. The summed E-state index contributed by atoms with van der Waals surface area (Å²) >= 11 is 1.39. The van der Waals surface area contributed by atoms with Crippen LogP contribution in [-0.4, -0.2) is 16.5 Å². The van der Waals surface area contributed by atoms with Crippen molar-refractivity contribution in [3.8, 4) is 0 Å². The van der Waals surface area contributed by atoms with Gasteiger partial charge in [-0.2, -0.15) is 0 Å². The number of carbonyl (C=O) groups excluding carboxylic acids is 1. The normalized spacial score (nSPS) is 12.4. The van der Waals surface area contributed by atoms with Crippen LogP contribution in [0.25, 0.3) is 11.1 Å². The number of amides is 1. The lowest BCUT2D eigenvalue weighted by molar-refractivity contribution is 0.0940. The Hall–Kier alpha value is -2.34. The number of thiophene rings is 1. The van der Waals surface area contributed by atoms with Crippen molar-refractivity contribution in [1.82, 2.24) is 9.88 Å². The minimum Gasteiger partial charge on any atom is -0.408 e. The Kier molecular flexibility index (Phi) is 3.62. The van der Waals surface area contributed by atoms with Gasteiger partial charge in [0.25, 0.3) is 5.91 Å². The highest BCUT2D eigenvalue weighted by Gasteiger charge is 2.14. The number of hydrogen-bond acceptors (Lipinski definition) is 4. The highest BCUT2D eigenvalue weighted by Crippen LogP contribution is 2.12. The maximum Gasteiger partial charge on any atom is 0.420 e. The van der Waals surface area contributed by atoms with Crippen molar-refractivity contribution >= 4 is 28.3 Å². The molecule has 1 atom stereocenters. The van der Waals surface area contributed by atoms with Gasteiger partial charge in [-0.25, -0.2) is 4.79 Å². The molecule has 3 rings (SSSR count). The Balaban J connectivity index is 1.77. The molecule has 0 radical (unpaired) electrons. The summed E-state index contributed by atoms with van der Waals surface area (Å²) in [5.74, 6) is -0.535. The second-order valence-corrected chi connectivity index (χ2v) is 5.75. The molecule has 0 aliphatic heterocycles. The number of nitrogens with one attached hydrogen (secondary N) is 1. The third-order valence-electron chi connectivity index (χ3n) is 3.15. The average molecular weight is 302 g/mol. The van der Waals surface area contributed by atoms with E-state index < -0.39 is 5.76 Å². The van der Waals surface area contributed by atoms with Crippen molar-refractivity contribution < 1.29 is 9.21 Å². The molecule has 0 unspecified atom stereocenters. The minimum atomic E-state index is -0.409. The van der Waals surface area contributed by atoms with E-state index in [0.717, 1.165) is 5.52 Å². The summed E-state index contributed by atoms with van der Waals surface area (Å²) in [7, 11) is 0. The first-order chi connectivity index (χ1) is 10.1. The molecule has 0 aliphatic rings. The maximum atomic E-state index is 12.0. The molecule has 2 heterocycles. The van der Waals surface area contributed by atoms with Gasteiger partial charge in [-0.05, 0) is 30.5 Å². The Morgan fingerprint density at radius 3 is 2.90 bits per heavy atom. The smallest absolute Gasteiger partial charge is 0.408 e. The number of benzene rings is 1. The zero-order chi connectivity index (χ0) is 14.8. The summed E-state index contributed by atoms with van der Waals surface area (Å²) in [6, 6.07) is 10.7. The molecule has 0 fully saturated rings. The van der Waals surface area contributed by atoms with E-state index in [2.05, 4.69) is 5.32 Å². The highest BCUT2D eigenvalue weighted by atomic mass is 32.1. The molecule has 21 heavy (non-hydrogen) atoms. The molecule has 0 saturated heterocycles. The molecule has 0 saturated carbocycles. The van der Waals surface area contributed by atoms with Crippen molar-refractivity contribution in [2.45, 2.75) is 19.5 Å². The first-order valence-electron chi connectivity index (χ1n) is 6.58. The molecule has 1 N–H and O–H groups in total. The quantitative estimate of drug-likeness (QED) is 0.805. The van der Waals surface area contributed by atoms with Crippen molar-refractivity contribution in [3.05, 3.63) is 57.2 Å².